The second kappa shape index (κ2) is 14.6. The second-order valence-corrected chi connectivity index (χ2v) is 10.2. The molecule has 1 amide bonds. The first-order chi connectivity index (χ1) is 21.5. The summed E-state index contributed by atoms with van der Waals surface area (Å²) >= 11 is 0. The molecule has 0 N–H and O–H groups in total. The zero-order valence-corrected chi connectivity index (χ0v) is 25.3. The van der Waals surface area contributed by atoms with Crippen molar-refractivity contribution in [3.8, 4) is 23.0 Å². The smallest absolute Gasteiger partial charge is 0.411 e. The molecule has 0 saturated carbocycles. The summed E-state index contributed by atoms with van der Waals surface area (Å²) in [6, 6.07) is 30.4. The zero-order valence-electron chi connectivity index (χ0n) is 25.3. The van der Waals surface area contributed by atoms with Crippen LogP contribution in [0.4, 0.5) is 4.79 Å². The van der Waals surface area contributed by atoms with E-state index in [1.165, 1.54) is 14.2 Å². The highest BCUT2D eigenvalue weighted by atomic mass is 16.7. The van der Waals surface area contributed by atoms with Gasteiger partial charge in [-0.3, -0.25) is 4.90 Å². The lowest BCUT2D eigenvalue weighted by atomic mass is 9.94. The number of nitrogens with zero attached hydrogens (tertiary/aromatic N) is 1. The third kappa shape index (κ3) is 7.07. The molecule has 1 aliphatic heterocycles. The molecule has 0 aliphatic carbocycles. The van der Waals surface area contributed by atoms with Crippen molar-refractivity contribution in [3.63, 3.8) is 0 Å². The predicted molar refractivity (Wildman–Crippen MR) is 164 cm³/mol. The molecule has 5 rings (SSSR count). The largest absolute Gasteiger partial charge is 0.493 e. The lowest BCUT2D eigenvalue weighted by Gasteiger charge is -2.28. The number of carbonyl (C=O) groups is 1. The fourth-order valence-electron chi connectivity index (χ4n) is 5.16. The Kier molecular flexibility index (Phi) is 10.2. The Labute approximate surface area is 257 Å². The number of cyclic esters (lactones) is 1. The first-order valence-electron chi connectivity index (χ1n) is 14.3. The number of amides is 1. The molecule has 1 saturated heterocycles. The molecule has 0 aromatic heterocycles. The molecule has 230 valence electrons. The van der Waals surface area contributed by atoms with Crippen molar-refractivity contribution in [1.29, 1.82) is 0 Å². The average molecular weight is 600 g/mol. The van der Waals surface area contributed by atoms with Gasteiger partial charge in [0.2, 0.25) is 0 Å². The number of ether oxygens (including phenoxy) is 7. The van der Waals surface area contributed by atoms with E-state index in [0.29, 0.717) is 36.2 Å². The van der Waals surface area contributed by atoms with E-state index in [0.717, 1.165) is 22.3 Å². The van der Waals surface area contributed by atoms with Gasteiger partial charge in [0, 0.05) is 14.2 Å². The van der Waals surface area contributed by atoms with Crippen molar-refractivity contribution in [1.82, 2.24) is 4.90 Å². The van der Waals surface area contributed by atoms with Gasteiger partial charge in [0.25, 0.3) is 0 Å². The summed E-state index contributed by atoms with van der Waals surface area (Å²) in [5, 5.41) is 0. The highest BCUT2D eigenvalue weighted by Crippen LogP contribution is 2.46. The van der Waals surface area contributed by atoms with Gasteiger partial charge in [0.15, 0.2) is 35.4 Å². The summed E-state index contributed by atoms with van der Waals surface area (Å²) in [6.07, 6.45) is -1.84. The normalized spacial score (nSPS) is 16.1. The third-order valence-corrected chi connectivity index (χ3v) is 7.48. The SMILES string of the molecule is COc1ccc([C@@H]2[C@H](c3ccc(OC)c(OCc4ccccc4)c3)OC(=O)N2CC(OC)OC)cc1OCc1ccccc1. The van der Waals surface area contributed by atoms with Gasteiger partial charge in [-0.1, -0.05) is 72.8 Å². The summed E-state index contributed by atoms with van der Waals surface area (Å²) in [4.78, 5) is 15.0. The van der Waals surface area contributed by atoms with E-state index in [-0.39, 0.29) is 6.54 Å². The Morgan fingerprint density at radius 2 is 1.16 bits per heavy atom. The van der Waals surface area contributed by atoms with Crippen LogP contribution in [0.2, 0.25) is 0 Å². The number of rotatable bonds is 14. The zero-order chi connectivity index (χ0) is 30.9. The Morgan fingerprint density at radius 1 is 0.659 bits per heavy atom. The fraction of sp³-hybridized carbons (Fsp3) is 0.286. The number of benzene rings is 4. The van der Waals surface area contributed by atoms with Crippen LogP contribution in [0.5, 0.6) is 23.0 Å². The third-order valence-electron chi connectivity index (χ3n) is 7.48. The Morgan fingerprint density at radius 3 is 1.66 bits per heavy atom. The molecule has 44 heavy (non-hydrogen) atoms. The molecular weight excluding hydrogens is 562 g/mol. The van der Waals surface area contributed by atoms with Gasteiger partial charge < -0.3 is 33.2 Å². The molecule has 0 bridgehead atoms. The lowest BCUT2D eigenvalue weighted by molar-refractivity contribution is -0.113. The van der Waals surface area contributed by atoms with Crippen LogP contribution in [-0.2, 0) is 27.4 Å². The Balaban J connectivity index is 1.50. The van der Waals surface area contributed by atoms with Crippen molar-refractivity contribution in [2.75, 3.05) is 35.0 Å². The van der Waals surface area contributed by atoms with Crippen molar-refractivity contribution in [2.24, 2.45) is 0 Å². The minimum absolute atomic E-state index is 0.146. The molecule has 0 radical (unpaired) electrons. The maximum absolute atomic E-state index is 13.4. The second-order valence-electron chi connectivity index (χ2n) is 10.2. The maximum atomic E-state index is 13.4. The van der Waals surface area contributed by atoms with E-state index in [1.807, 2.05) is 97.1 Å². The van der Waals surface area contributed by atoms with E-state index in [9.17, 15) is 4.79 Å². The molecule has 1 aliphatic rings. The van der Waals surface area contributed by atoms with Crippen LogP contribution in [0, 0.1) is 0 Å². The molecule has 1 heterocycles. The lowest BCUT2D eigenvalue weighted by Crippen LogP contribution is -2.37. The Bertz CT molecular complexity index is 1510. The van der Waals surface area contributed by atoms with Crippen molar-refractivity contribution >= 4 is 6.09 Å². The Hall–Kier alpha value is -4.73. The maximum Gasteiger partial charge on any atom is 0.411 e. The van der Waals surface area contributed by atoms with E-state index < -0.39 is 24.5 Å². The summed E-state index contributed by atoms with van der Waals surface area (Å²) in [5.41, 5.74) is 3.56. The minimum atomic E-state index is -0.683. The van der Waals surface area contributed by atoms with Crippen molar-refractivity contribution < 1.29 is 38.0 Å². The van der Waals surface area contributed by atoms with Crippen LogP contribution in [0.25, 0.3) is 0 Å². The monoisotopic (exact) mass is 599 g/mol. The summed E-state index contributed by atoms with van der Waals surface area (Å²) in [5.74, 6) is 2.23. The van der Waals surface area contributed by atoms with Gasteiger partial charge in [-0.15, -0.1) is 0 Å². The van der Waals surface area contributed by atoms with Gasteiger partial charge in [0.1, 0.15) is 19.3 Å². The molecule has 1 fully saturated rings. The van der Waals surface area contributed by atoms with Gasteiger partial charge in [-0.25, -0.2) is 4.79 Å². The summed E-state index contributed by atoms with van der Waals surface area (Å²) in [6.45, 7) is 0.848. The van der Waals surface area contributed by atoms with Crippen LogP contribution in [0.3, 0.4) is 0 Å². The van der Waals surface area contributed by atoms with E-state index in [1.54, 1.807) is 19.1 Å². The van der Waals surface area contributed by atoms with Crippen LogP contribution >= 0.6 is 0 Å². The minimum Gasteiger partial charge on any atom is -0.493 e. The molecule has 9 heteroatoms. The van der Waals surface area contributed by atoms with E-state index in [2.05, 4.69) is 0 Å². The summed E-state index contributed by atoms with van der Waals surface area (Å²) < 4.78 is 40.5. The molecule has 4 aromatic carbocycles. The molecule has 9 nitrogen and oxygen atoms in total. The quantitative estimate of drug-likeness (QED) is 0.148. The van der Waals surface area contributed by atoms with E-state index >= 15 is 0 Å². The topological polar surface area (TPSA) is 84.9 Å². The van der Waals surface area contributed by atoms with Gasteiger partial charge in [-0.2, -0.15) is 0 Å². The van der Waals surface area contributed by atoms with Crippen molar-refractivity contribution in [3.05, 3.63) is 119 Å². The van der Waals surface area contributed by atoms with Crippen molar-refractivity contribution in [2.45, 2.75) is 31.6 Å². The standard InChI is InChI=1S/C35H37NO8/c1-38-28-17-15-26(19-30(28)42-22-24-11-7-5-8-12-24)33-34(44-35(37)36(33)21-32(40-3)41-4)27-16-18-29(39-2)31(20-27)43-23-25-13-9-6-10-14-25/h5-20,32-34H,21-23H2,1-4H3/t33-,34+/m1/s1. The van der Waals surface area contributed by atoms with Crippen LogP contribution in [0.1, 0.15) is 34.4 Å². The first kappa shape index (κ1) is 30.7. The molecule has 0 unspecified atom stereocenters. The van der Waals surface area contributed by atoms with Gasteiger partial charge >= 0.3 is 6.09 Å². The van der Waals surface area contributed by atoms with Gasteiger partial charge in [0.05, 0.1) is 20.8 Å². The molecular formula is C35H37NO8. The highest BCUT2D eigenvalue weighted by Gasteiger charge is 2.45. The van der Waals surface area contributed by atoms with Gasteiger partial charge in [-0.05, 0) is 46.5 Å². The van der Waals surface area contributed by atoms with Crippen LogP contribution in [-0.4, -0.2) is 52.3 Å². The fourth-order valence-corrected chi connectivity index (χ4v) is 5.16. The first-order valence-corrected chi connectivity index (χ1v) is 14.3. The molecule has 2 atom stereocenters. The number of hydrogen-bond acceptors (Lipinski definition) is 8. The number of methoxy groups -OCH3 is 4. The highest BCUT2D eigenvalue weighted by molar-refractivity contribution is 5.72. The average Bonchev–Trinajstić information content (AvgIpc) is 3.40. The summed E-state index contributed by atoms with van der Waals surface area (Å²) in [7, 11) is 6.25. The molecule has 4 aromatic rings. The van der Waals surface area contributed by atoms with E-state index in [4.69, 9.17) is 33.2 Å². The molecule has 0 spiro atoms. The predicted octanol–water partition coefficient (Wildman–Crippen LogP) is 6.72. The number of carbonyl (C=O) groups excluding carboxylic acids is 1. The van der Waals surface area contributed by atoms with Crippen LogP contribution < -0.4 is 18.9 Å². The van der Waals surface area contributed by atoms with Crippen LogP contribution in [0.15, 0.2) is 97.1 Å². The number of hydrogen-bond donors (Lipinski definition) is 0.